The van der Waals surface area contributed by atoms with Crippen molar-refractivity contribution < 1.29 is 5.11 Å². The molecule has 1 N–H and O–H groups in total. The predicted octanol–water partition coefficient (Wildman–Crippen LogP) is 1.70. The highest BCUT2D eigenvalue weighted by molar-refractivity contribution is 5.65. The van der Waals surface area contributed by atoms with Crippen molar-refractivity contribution in [1.29, 1.82) is 5.26 Å². The molecule has 1 fully saturated rings. The van der Waals surface area contributed by atoms with Gasteiger partial charge in [0, 0.05) is 56.7 Å². The second-order valence-corrected chi connectivity index (χ2v) is 6.56. The van der Waals surface area contributed by atoms with E-state index in [0.29, 0.717) is 6.04 Å². The number of hydrogen-bond acceptors (Lipinski definition) is 4. The molecule has 3 heterocycles. The smallest absolute Gasteiger partial charge is 0.102 e. The van der Waals surface area contributed by atoms with Crippen LogP contribution in [0.5, 0.6) is 0 Å². The summed E-state index contributed by atoms with van der Waals surface area (Å²) in [4.78, 5) is 4.74. The average molecular weight is 312 g/mol. The Balaban J connectivity index is 1.73. The Kier molecular flexibility index (Phi) is 4.67. The molecule has 2 atom stereocenters. The molecule has 3 rings (SSSR count). The van der Waals surface area contributed by atoms with E-state index in [1.165, 1.54) is 0 Å². The second-order valence-electron chi connectivity index (χ2n) is 6.56. The molecule has 0 aromatic carbocycles. The minimum atomic E-state index is -0.286. The predicted molar refractivity (Wildman–Crippen MR) is 90.1 cm³/mol. The van der Waals surface area contributed by atoms with Crippen LogP contribution in [0.15, 0.2) is 30.6 Å². The van der Waals surface area contributed by atoms with Gasteiger partial charge in [0.05, 0.1) is 17.2 Å². The fourth-order valence-electron chi connectivity index (χ4n) is 3.49. The fourth-order valence-corrected chi connectivity index (χ4v) is 3.49. The van der Waals surface area contributed by atoms with Crippen LogP contribution in [0.3, 0.4) is 0 Å². The number of pyridine rings is 1. The number of nitrogens with zero attached hydrogens (tertiary/aromatic N) is 4. The van der Waals surface area contributed by atoms with Gasteiger partial charge >= 0.3 is 0 Å². The summed E-state index contributed by atoms with van der Waals surface area (Å²) in [6.07, 6.45) is 3.77. The summed E-state index contributed by atoms with van der Waals surface area (Å²) in [7, 11) is 0. The van der Waals surface area contributed by atoms with Crippen molar-refractivity contribution in [3.05, 3.63) is 41.7 Å². The molecule has 5 nitrogen and oxygen atoms in total. The average Bonchev–Trinajstić information content (AvgIpc) is 2.86. The lowest BCUT2D eigenvalue weighted by Gasteiger charge is -2.40. The molecule has 0 radical (unpaired) electrons. The Morgan fingerprint density at radius 3 is 2.91 bits per heavy atom. The van der Waals surface area contributed by atoms with E-state index in [0.717, 1.165) is 49.4 Å². The third-order valence-electron chi connectivity index (χ3n) is 4.62. The number of rotatable bonds is 4. The first kappa shape index (κ1) is 16.0. The van der Waals surface area contributed by atoms with Crippen LogP contribution in [-0.4, -0.2) is 57.6 Å². The lowest BCUT2D eigenvalue weighted by Crippen LogP contribution is -2.53. The van der Waals surface area contributed by atoms with Gasteiger partial charge in [-0.3, -0.25) is 9.80 Å². The number of nitriles is 1. The van der Waals surface area contributed by atoms with Crippen LogP contribution in [0.4, 0.5) is 0 Å². The van der Waals surface area contributed by atoms with Crippen molar-refractivity contribution in [1.82, 2.24) is 14.2 Å². The highest BCUT2D eigenvalue weighted by Gasteiger charge is 2.25. The normalized spacial score (nSPS) is 21.4. The third-order valence-corrected chi connectivity index (χ3v) is 4.62. The topological polar surface area (TPSA) is 54.9 Å². The standard InChI is InChI=1S/C18H24N4O/c1-14-10-20(7-8-21(14)11-15(2)23)12-16-13-22-6-4-3-5-18(22)17(16)9-19/h3-6,13-15,23H,7-8,10-12H2,1-2H3/t14-,15+/m0/s1. The van der Waals surface area contributed by atoms with Gasteiger partial charge in [0.1, 0.15) is 6.07 Å². The van der Waals surface area contributed by atoms with Crippen LogP contribution in [0, 0.1) is 11.3 Å². The molecule has 23 heavy (non-hydrogen) atoms. The minimum Gasteiger partial charge on any atom is -0.392 e. The van der Waals surface area contributed by atoms with Crippen LogP contribution in [0.25, 0.3) is 5.52 Å². The molecule has 122 valence electrons. The van der Waals surface area contributed by atoms with Crippen molar-refractivity contribution >= 4 is 5.52 Å². The second kappa shape index (κ2) is 6.71. The molecule has 5 heteroatoms. The fraction of sp³-hybridized carbons (Fsp3) is 0.500. The number of piperazine rings is 1. The van der Waals surface area contributed by atoms with Gasteiger partial charge in [0.2, 0.25) is 0 Å². The summed E-state index contributed by atoms with van der Waals surface area (Å²) >= 11 is 0. The zero-order chi connectivity index (χ0) is 16.4. The van der Waals surface area contributed by atoms with Crippen molar-refractivity contribution in [3.8, 4) is 6.07 Å². The van der Waals surface area contributed by atoms with E-state index in [1.54, 1.807) is 0 Å². The number of fused-ring (bicyclic) bond motifs is 1. The highest BCUT2D eigenvalue weighted by atomic mass is 16.3. The summed E-state index contributed by atoms with van der Waals surface area (Å²) < 4.78 is 2.03. The lowest BCUT2D eigenvalue weighted by molar-refractivity contribution is 0.0423. The van der Waals surface area contributed by atoms with Crippen LogP contribution >= 0.6 is 0 Å². The number of β-amino-alcohol motifs (C(OH)–C–C–N with tert-alkyl or cyclic N) is 1. The highest BCUT2D eigenvalue weighted by Crippen LogP contribution is 2.21. The van der Waals surface area contributed by atoms with Crippen molar-refractivity contribution in [2.75, 3.05) is 26.2 Å². The van der Waals surface area contributed by atoms with E-state index in [1.807, 2.05) is 35.7 Å². The zero-order valence-corrected chi connectivity index (χ0v) is 13.8. The maximum absolute atomic E-state index is 9.58. The first-order valence-electron chi connectivity index (χ1n) is 8.21. The SMILES string of the molecule is C[C@@H](O)CN1CCN(Cc2cn3ccccc3c2C#N)C[C@@H]1C. The summed E-state index contributed by atoms with van der Waals surface area (Å²) in [5.74, 6) is 0. The van der Waals surface area contributed by atoms with Crippen LogP contribution in [0.2, 0.25) is 0 Å². The quantitative estimate of drug-likeness (QED) is 0.933. The third kappa shape index (κ3) is 3.40. The van der Waals surface area contributed by atoms with Gasteiger partial charge in [-0.1, -0.05) is 6.07 Å². The number of aliphatic hydroxyl groups is 1. The van der Waals surface area contributed by atoms with E-state index in [-0.39, 0.29) is 6.10 Å². The summed E-state index contributed by atoms with van der Waals surface area (Å²) in [5.41, 5.74) is 2.85. The molecule has 0 aliphatic carbocycles. The largest absolute Gasteiger partial charge is 0.392 e. The van der Waals surface area contributed by atoms with Crippen molar-refractivity contribution in [3.63, 3.8) is 0 Å². The molecule has 2 aromatic heterocycles. The molecule has 0 amide bonds. The number of aromatic nitrogens is 1. The Hall–Kier alpha value is -1.87. The summed E-state index contributed by atoms with van der Waals surface area (Å²) in [5, 5.41) is 19.1. The van der Waals surface area contributed by atoms with Gasteiger partial charge in [0.25, 0.3) is 0 Å². The van der Waals surface area contributed by atoms with Gasteiger partial charge in [-0.05, 0) is 26.0 Å². The molecule has 1 aliphatic heterocycles. The maximum Gasteiger partial charge on any atom is 0.102 e. The van der Waals surface area contributed by atoms with Crippen molar-refractivity contribution in [2.24, 2.45) is 0 Å². The molecular formula is C18H24N4O. The van der Waals surface area contributed by atoms with E-state index in [4.69, 9.17) is 0 Å². The Morgan fingerprint density at radius 2 is 2.22 bits per heavy atom. The van der Waals surface area contributed by atoms with Gasteiger partial charge in [-0.25, -0.2) is 0 Å². The van der Waals surface area contributed by atoms with Gasteiger partial charge in [-0.2, -0.15) is 5.26 Å². The Bertz CT molecular complexity index is 715. The van der Waals surface area contributed by atoms with E-state index < -0.39 is 0 Å². The number of aliphatic hydroxyl groups excluding tert-OH is 1. The first-order valence-corrected chi connectivity index (χ1v) is 8.21. The lowest BCUT2D eigenvalue weighted by atomic mass is 10.1. The number of hydrogen-bond donors (Lipinski definition) is 1. The summed E-state index contributed by atoms with van der Waals surface area (Å²) in [6, 6.07) is 8.72. The monoisotopic (exact) mass is 312 g/mol. The molecular weight excluding hydrogens is 288 g/mol. The molecule has 0 unspecified atom stereocenters. The van der Waals surface area contributed by atoms with Crippen LogP contribution < -0.4 is 0 Å². The van der Waals surface area contributed by atoms with E-state index >= 15 is 0 Å². The van der Waals surface area contributed by atoms with Gasteiger partial charge in [0.15, 0.2) is 0 Å². The first-order chi connectivity index (χ1) is 11.1. The molecule has 2 aromatic rings. The Morgan fingerprint density at radius 1 is 1.39 bits per heavy atom. The van der Waals surface area contributed by atoms with Crippen LogP contribution in [-0.2, 0) is 6.54 Å². The van der Waals surface area contributed by atoms with Crippen LogP contribution in [0.1, 0.15) is 25.0 Å². The molecule has 0 saturated carbocycles. The minimum absolute atomic E-state index is 0.286. The maximum atomic E-state index is 9.58. The molecule has 1 saturated heterocycles. The molecule has 0 bridgehead atoms. The van der Waals surface area contributed by atoms with E-state index in [2.05, 4.69) is 29.0 Å². The van der Waals surface area contributed by atoms with Crippen molar-refractivity contribution in [2.45, 2.75) is 32.5 Å². The van der Waals surface area contributed by atoms with Gasteiger partial charge < -0.3 is 9.51 Å². The Labute approximate surface area is 137 Å². The van der Waals surface area contributed by atoms with E-state index in [9.17, 15) is 10.4 Å². The summed E-state index contributed by atoms with van der Waals surface area (Å²) in [6.45, 7) is 8.46. The molecule has 0 spiro atoms. The molecule has 1 aliphatic rings. The van der Waals surface area contributed by atoms with Gasteiger partial charge in [-0.15, -0.1) is 0 Å². The zero-order valence-electron chi connectivity index (χ0n) is 13.8.